The van der Waals surface area contributed by atoms with Crippen molar-refractivity contribution in [3.05, 3.63) is 35.1 Å². The van der Waals surface area contributed by atoms with E-state index >= 15 is 0 Å². The number of nitrogens with zero attached hydrogens (tertiary/aromatic N) is 1. The molecule has 0 spiro atoms. The number of amides is 1. The van der Waals surface area contributed by atoms with Crippen molar-refractivity contribution < 1.29 is 9.18 Å². The van der Waals surface area contributed by atoms with Crippen LogP contribution in [-0.4, -0.2) is 37.0 Å². The third kappa shape index (κ3) is 4.17. The van der Waals surface area contributed by atoms with Crippen molar-refractivity contribution in [2.24, 2.45) is 0 Å². The van der Waals surface area contributed by atoms with E-state index in [0.717, 1.165) is 25.9 Å². The van der Waals surface area contributed by atoms with E-state index in [9.17, 15) is 9.18 Å². The quantitative estimate of drug-likeness (QED) is 0.925. The van der Waals surface area contributed by atoms with E-state index in [4.69, 9.17) is 0 Å². The topological polar surface area (TPSA) is 32.3 Å². The molecule has 0 aromatic heterocycles. The van der Waals surface area contributed by atoms with Crippen molar-refractivity contribution >= 4 is 18.3 Å². The molecule has 1 N–H and O–H groups in total. The maximum Gasteiger partial charge on any atom is 0.253 e. The molecule has 0 bridgehead atoms. The molecule has 1 aliphatic heterocycles. The maximum atomic E-state index is 14.0. The molecule has 1 aromatic rings. The molecule has 0 atom stereocenters. The minimum Gasteiger partial charge on any atom is -0.339 e. The summed E-state index contributed by atoms with van der Waals surface area (Å²) in [6.07, 6.45) is 1.86. The molecule has 1 heterocycles. The van der Waals surface area contributed by atoms with Crippen LogP contribution in [0, 0.1) is 5.82 Å². The number of carbonyl (C=O) groups is 1. The van der Waals surface area contributed by atoms with Gasteiger partial charge in [-0.3, -0.25) is 4.79 Å². The van der Waals surface area contributed by atoms with Crippen molar-refractivity contribution in [3.63, 3.8) is 0 Å². The lowest BCUT2D eigenvalue weighted by molar-refractivity contribution is 0.0773. The summed E-state index contributed by atoms with van der Waals surface area (Å²) in [5.41, 5.74) is 1.30. The Morgan fingerprint density at radius 1 is 1.29 bits per heavy atom. The molecule has 0 saturated carbocycles. The molecule has 5 heteroatoms. The zero-order valence-electron chi connectivity index (χ0n) is 12.7. The molecule has 1 saturated heterocycles. The molecule has 0 unspecified atom stereocenters. The second-order valence-electron chi connectivity index (χ2n) is 5.24. The van der Waals surface area contributed by atoms with Gasteiger partial charge in [-0.1, -0.05) is 0 Å². The normalized spacial score (nSPS) is 15.4. The van der Waals surface area contributed by atoms with E-state index < -0.39 is 0 Å². The Morgan fingerprint density at radius 3 is 2.48 bits per heavy atom. The second kappa shape index (κ2) is 8.35. The van der Waals surface area contributed by atoms with Crippen LogP contribution in [0.4, 0.5) is 4.39 Å². The average Bonchev–Trinajstić information content (AvgIpc) is 2.49. The lowest BCUT2D eigenvalue weighted by Gasteiger charge is -2.24. The maximum absolute atomic E-state index is 14.0. The SMILES string of the molecule is CCN(CC)C(=O)c1ccc(F)c(C2CCNCC2)c1.Cl. The van der Waals surface area contributed by atoms with Crippen LogP contribution in [0.1, 0.15) is 48.5 Å². The van der Waals surface area contributed by atoms with Gasteiger partial charge in [0.05, 0.1) is 0 Å². The lowest BCUT2D eigenvalue weighted by Crippen LogP contribution is -2.31. The number of hydrogen-bond acceptors (Lipinski definition) is 2. The molecule has 1 aliphatic rings. The Kier molecular flexibility index (Phi) is 7.12. The first-order valence-corrected chi connectivity index (χ1v) is 7.46. The fourth-order valence-electron chi connectivity index (χ4n) is 2.82. The number of hydrogen-bond donors (Lipinski definition) is 1. The smallest absolute Gasteiger partial charge is 0.253 e. The van der Waals surface area contributed by atoms with Crippen molar-refractivity contribution in [2.75, 3.05) is 26.2 Å². The minimum absolute atomic E-state index is 0. The largest absolute Gasteiger partial charge is 0.339 e. The molecular formula is C16H24ClFN2O. The fourth-order valence-corrected chi connectivity index (χ4v) is 2.82. The third-order valence-corrected chi connectivity index (χ3v) is 4.07. The molecule has 0 aliphatic carbocycles. The molecule has 2 rings (SSSR count). The molecule has 1 amide bonds. The van der Waals surface area contributed by atoms with E-state index in [-0.39, 0.29) is 30.0 Å². The molecular weight excluding hydrogens is 291 g/mol. The van der Waals surface area contributed by atoms with Gasteiger partial charge in [0.15, 0.2) is 0 Å². The zero-order chi connectivity index (χ0) is 14.5. The number of carbonyl (C=O) groups excluding carboxylic acids is 1. The number of halogens is 2. The van der Waals surface area contributed by atoms with Crippen LogP contribution in [0.2, 0.25) is 0 Å². The van der Waals surface area contributed by atoms with Crippen LogP contribution in [-0.2, 0) is 0 Å². The van der Waals surface area contributed by atoms with E-state index in [2.05, 4.69) is 5.32 Å². The van der Waals surface area contributed by atoms with Crippen LogP contribution in [0.15, 0.2) is 18.2 Å². The summed E-state index contributed by atoms with van der Waals surface area (Å²) >= 11 is 0. The zero-order valence-corrected chi connectivity index (χ0v) is 13.5. The van der Waals surface area contributed by atoms with Gasteiger partial charge in [-0.25, -0.2) is 4.39 Å². The van der Waals surface area contributed by atoms with E-state index in [0.29, 0.717) is 24.2 Å². The number of nitrogens with one attached hydrogen (secondary N) is 1. The summed E-state index contributed by atoms with van der Waals surface area (Å²) in [5, 5.41) is 3.28. The van der Waals surface area contributed by atoms with Gasteiger partial charge >= 0.3 is 0 Å². The molecule has 1 fully saturated rings. The molecule has 21 heavy (non-hydrogen) atoms. The summed E-state index contributed by atoms with van der Waals surface area (Å²) in [5.74, 6) is 0.0267. The van der Waals surface area contributed by atoms with Gasteiger partial charge in [0, 0.05) is 18.7 Å². The summed E-state index contributed by atoms with van der Waals surface area (Å²) in [6.45, 7) is 7.10. The number of rotatable bonds is 4. The fraction of sp³-hybridized carbons (Fsp3) is 0.562. The minimum atomic E-state index is -0.187. The van der Waals surface area contributed by atoms with Crippen LogP contribution in [0.5, 0.6) is 0 Å². The first-order valence-electron chi connectivity index (χ1n) is 7.46. The Bertz CT molecular complexity index is 471. The highest BCUT2D eigenvalue weighted by Crippen LogP contribution is 2.28. The van der Waals surface area contributed by atoms with Crippen molar-refractivity contribution in [1.82, 2.24) is 10.2 Å². The lowest BCUT2D eigenvalue weighted by atomic mass is 9.89. The van der Waals surface area contributed by atoms with Crippen LogP contribution < -0.4 is 5.32 Å². The van der Waals surface area contributed by atoms with Gasteiger partial charge in [0.25, 0.3) is 5.91 Å². The first-order chi connectivity index (χ1) is 9.67. The molecule has 0 radical (unpaired) electrons. The predicted molar refractivity (Wildman–Crippen MR) is 85.7 cm³/mol. The van der Waals surface area contributed by atoms with Crippen molar-refractivity contribution in [3.8, 4) is 0 Å². The monoisotopic (exact) mass is 314 g/mol. The number of benzene rings is 1. The van der Waals surface area contributed by atoms with Crippen LogP contribution in [0.3, 0.4) is 0 Å². The Balaban J connectivity index is 0.00000220. The van der Waals surface area contributed by atoms with Gasteiger partial charge in [-0.05, 0) is 69.5 Å². The molecule has 118 valence electrons. The second-order valence-corrected chi connectivity index (χ2v) is 5.24. The van der Waals surface area contributed by atoms with Gasteiger partial charge in [0.1, 0.15) is 5.82 Å². The van der Waals surface area contributed by atoms with E-state index in [1.807, 2.05) is 13.8 Å². The van der Waals surface area contributed by atoms with E-state index in [1.165, 1.54) is 6.07 Å². The Morgan fingerprint density at radius 2 is 1.90 bits per heavy atom. The van der Waals surface area contributed by atoms with E-state index in [1.54, 1.807) is 17.0 Å². The molecule has 3 nitrogen and oxygen atoms in total. The Labute approximate surface area is 132 Å². The van der Waals surface area contributed by atoms with Gasteiger partial charge in [-0.2, -0.15) is 0 Å². The van der Waals surface area contributed by atoms with Crippen LogP contribution in [0.25, 0.3) is 0 Å². The summed E-state index contributed by atoms with van der Waals surface area (Å²) in [6, 6.07) is 4.79. The first kappa shape index (κ1) is 17.9. The summed E-state index contributed by atoms with van der Waals surface area (Å²) in [7, 11) is 0. The Hall–Kier alpha value is -1.13. The molecule has 1 aromatic carbocycles. The predicted octanol–water partition coefficient (Wildman–Crippen LogP) is 3.20. The third-order valence-electron chi connectivity index (χ3n) is 4.07. The standard InChI is InChI=1S/C16H23FN2O.ClH/c1-3-19(4-2)16(20)13-5-6-15(17)14(11-13)12-7-9-18-10-8-12;/h5-6,11-12,18H,3-4,7-10H2,1-2H3;1H. The van der Waals surface area contributed by atoms with Crippen molar-refractivity contribution in [1.29, 1.82) is 0 Å². The van der Waals surface area contributed by atoms with Crippen LogP contribution >= 0.6 is 12.4 Å². The average molecular weight is 315 g/mol. The van der Waals surface area contributed by atoms with Crippen molar-refractivity contribution in [2.45, 2.75) is 32.6 Å². The van der Waals surface area contributed by atoms with Gasteiger partial charge < -0.3 is 10.2 Å². The van der Waals surface area contributed by atoms with Gasteiger partial charge in [-0.15, -0.1) is 12.4 Å². The summed E-state index contributed by atoms with van der Waals surface area (Å²) in [4.78, 5) is 14.1. The highest BCUT2D eigenvalue weighted by atomic mass is 35.5. The highest BCUT2D eigenvalue weighted by molar-refractivity contribution is 5.94. The highest BCUT2D eigenvalue weighted by Gasteiger charge is 2.21. The van der Waals surface area contributed by atoms with Gasteiger partial charge in [0.2, 0.25) is 0 Å². The summed E-state index contributed by atoms with van der Waals surface area (Å²) < 4.78 is 14.0. The number of piperidine rings is 1.